The Morgan fingerprint density at radius 1 is 1.05 bits per heavy atom. The van der Waals surface area contributed by atoms with E-state index >= 15 is 0 Å². The molecule has 0 spiro atoms. The van der Waals surface area contributed by atoms with Crippen molar-refractivity contribution in [1.82, 2.24) is 0 Å². The van der Waals surface area contributed by atoms with Crippen LogP contribution in [-0.2, 0) is 11.2 Å². The van der Waals surface area contributed by atoms with Crippen LogP contribution in [0.5, 0.6) is 0 Å². The van der Waals surface area contributed by atoms with E-state index in [0.29, 0.717) is 0 Å². The van der Waals surface area contributed by atoms with Crippen LogP contribution >= 0.6 is 15.9 Å². The van der Waals surface area contributed by atoms with Gasteiger partial charge in [0.15, 0.2) is 0 Å². The minimum Gasteiger partial charge on any atom is -0.481 e. The average Bonchev–Trinajstić information content (AvgIpc) is 2.42. The van der Waals surface area contributed by atoms with Crippen LogP contribution in [0.3, 0.4) is 0 Å². The monoisotopic (exact) mass is 326 g/mol. The Morgan fingerprint density at radius 2 is 1.74 bits per heavy atom. The number of carboxylic acids is 1. The number of halogens is 1. The van der Waals surface area contributed by atoms with E-state index < -0.39 is 5.97 Å². The van der Waals surface area contributed by atoms with Crippen LogP contribution in [0, 0.1) is 5.92 Å². The summed E-state index contributed by atoms with van der Waals surface area (Å²) in [4.78, 5) is 11.2. The van der Waals surface area contributed by atoms with Gasteiger partial charge < -0.3 is 5.11 Å². The van der Waals surface area contributed by atoms with E-state index in [9.17, 15) is 9.90 Å². The van der Waals surface area contributed by atoms with Crippen molar-refractivity contribution < 1.29 is 9.90 Å². The van der Waals surface area contributed by atoms with E-state index in [4.69, 9.17) is 0 Å². The summed E-state index contributed by atoms with van der Waals surface area (Å²) in [6.45, 7) is 0. The van der Waals surface area contributed by atoms with Crippen LogP contribution < -0.4 is 0 Å². The lowest BCUT2D eigenvalue weighted by Crippen LogP contribution is -2.14. The van der Waals surface area contributed by atoms with Gasteiger partial charge in [0, 0.05) is 5.33 Å². The second-order valence-electron chi connectivity index (χ2n) is 4.95. The molecule has 0 amide bonds. The molecule has 0 aromatic heterocycles. The molecular weight excluding hydrogens is 304 g/mol. The fourth-order valence-electron chi connectivity index (χ4n) is 2.22. The van der Waals surface area contributed by atoms with Crippen molar-refractivity contribution in [3.05, 3.63) is 35.9 Å². The molecule has 1 aromatic rings. The predicted molar refractivity (Wildman–Crippen MR) is 82.8 cm³/mol. The summed E-state index contributed by atoms with van der Waals surface area (Å²) in [5.74, 6) is -0.833. The minimum atomic E-state index is -0.642. The molecule has 3 heteroatoms. The number of benzene rings is 1. The topological polar surface area (TPSA) is 37.3 Å². The summed E-state index contributed by atoms with van der Waals surface area (Å²) in [6, 6.07) is 10.1. The highest BCUT2D eigenvalue weighted by molar-refractivity contribution is 9.09. The summed E-state index contributed by atoms with van der Waals surface area (Å²) < 4.78 is 0. The Balaban J connectivity index is 2.26. The molecule has 2 nitrogen and oxygen atoms in total. The second-order valence-corrected chi connectivity index (χ2v) is 5.74. The molecule has 19 heavy (non-hydrogen) atoms. The van der Waals surface area contributed by atoms with Gasteiger partial charge in [0.05, 0.1) is 5.92 Å². The van der Waals surface area contributed by atoms with Crippen molar-refractivity contribution in [3.63, 3.8) is 0 Å². The lowest BCUT2D eigenvalue weighted by atomic mass is 9.94. The van der Waals surface area contributed by atoms with E-state index in [2.05, 4.69) is 28.1 Å². The largest absolute Gasteiger partial charge is 0.481 e. The third-order valence-electron chi connectivity index (χ3n) is 3.41. The highest BCUT2D eigenvalue weighted by Gasteiger charge is 2.16. The molecule has 0 saturated carbocycles. The Labute approximate surface area is 124 Å². The zero-order valence-electron chi connectivity index (χ0n) is 11.4. The molecule has 0 aliphatic heterocycles. The fraction of sp³-hybridized carbons (Fsp3) is 0.562. The SMILES string of the molecule is O=C(O)C(CCCCCCBr)CCc1ccccc1. The quantitative estimate of drug-likeness (QED) is 0.501. The smallest absolute Gasteiger partial charge is 0.306 e. The zero-order chi connectivity index (χ0) is 13.9. The number of rotatable bonds is 10. The lowest BCUT2D eigenvalue weighted by molar-refractivity contribution is -0.142. The molecule has 0 aliphatic carbocycles. The molecule has 0 heterocycles. The molecule has 0 bridgehead atoms. The predicted octanol–water partition coefficient (Wildman–Crippen LogP) is 4.67. The first-order valence-electron chi connectivity index (χ1n) is 7.06. The van der Waals surface area contributed by atoms with Crippen molar-refractivity contribution in [3.8, 4) is 0 Å². The highest BCUT2D eigenvalue weighted by Crippen LogP contribution is 2.18. The maximum atomic E-state index is 11.2. The van der Waals surface area contributed by atoms with E-state index in [1.807, 2.05) is 18.2 Å². The van der Waals surface area contributed by atoms with Crippen molar-refractivity contribution in [2.24, 2.45) is 5.92 Å². The molecule has 1 unspecified atom stereocenters. The van der Waals surface area contributed by atoms with Gasteiger partial charge in [-0.15, -0.1) is 0 Å². The maximum Gasteiger partial charge on any atom is 0.306 e. The summed E-state index contributed by atoms with van der Waals surface area (Å²) in [5, 5.41) is 10.3. The van der Waals surface area contributed by atoms with E-state index in [1.165, 1.54) is 18.4 Å². The molecule has 0 fully saturated rings. The van der Waals surface area contributed by atoms with Crippen LogP contribution in [0.25, 0.3) is 0 Å². The molecule has 106 valence electrons. The number of hydrogen-bond donors (Lipinski definition) is 1. The minimum absolute atomic E-state index is 0.191. The van der Waals surface area contributed by atoms with Gasteiger partial charge in [0.2, 0.25) is 0 Å². The maximum absolute atomic E-state index is 11.2. The van der Waals surface area contributed by atoms with Crippen molar-refractivity contribution in [2.75, 3.05) is 5.33 Å². The Kier molecular flexibility index (Phi) is 8.55. The van der Waals surface area contributed by atoms with Gasteiger partial charge in [-0.3, -0.25) is 4.79 Å². The third-order valence-corrected chi connectivity index (χ3v) is 3.97. The van der Waals surface area contributed by atoms with Crippen molar-refractivity contribution >= 4 is 21.9 Å². The van der Waals surface area contributed by atoms with Crippen LogP contribution in [0.4, 0.5) is 0 Å². The molecule has 0 aliphatic rings. The van der Waals surface area contributed by atoms with E-state index in [-0.39, 0.29) is 5.92 Å². The van der Waals surface area contributed by atoms with Crippen LogP contribution in [0.1, 0.15) is 44.1 Å². The van der Waals surface area contributed by atoms with Crippen molar-refractivity contribution in [2.45, 2.75) is 44.9 Å². The fourth-order valence-corrected chi connectivity index (χ4v) is 2.61. The number of alkyl halides is 1. The second kappa shape index (κ2) is 10.0. The zero-order valence-corrected chi connectivity index (χ0v) is 12.9. The van der Waals surface area contributed by atoms with E-state index in [0.717, 1.165) is 37.4 Å². The van der Waals surface area contributed by atoms with Gasteiger partial charge in [-0.05, 0) is 31.2 Å². The summed E-state index contributed by atoms with van der Waals surface area (Å²) >= 11 is 3.41. The third kappa shape index (κ3) is 7.36. The molecule has 0 radical (unpaired) electrons. The number of aliphatic carboxylic acids is 1. The van der Waals surface area contributed by atoms with Gasteiger partial charge in [-0.25, -0.2) is 0 Å². The summed E-state index contributed by atoms with van der Waals surface area (Å²) in [7, 11) is 0. The van der Waals surface area contributed by atoms with Gasteiger partial charge >= 0.3 is 5.97 Å². The molecule has 1 atom stereocenters. The number of unbranched alkanes of at least 4 members (excludes halogenated alkanes) is 3. The van der Waals surface area contributed by atoms with Crippen LogP contribution in [-0.4, -0.2) is 16.4 Å². The van der Waals surface area contributed by atoms with E-state index in [1.54, 1.807) is 0 Å². The number of carboxylic acid groups (broad SMARTS) is 1. The lowest BCUT2D eigenvalue weighted by Gasteiger charge is -2.12. The first-order chi connectivity index (χ1) is 9.24. The first kappa shape index (κ1) is 16.2. The number of aryl methyl sites for hydroxylation is 1. The molecule has 1 N–H and O–H groups in total. The summed E-state index contributed by atoms with van der Waals surface area (Å²) in [6.07, 6.45) is 6.96. The number of carbonyl (C=O) groups is 1. The standard InChI is InChI=1S/C16H23BrO2/c17-13-7-2-1-6-10-15(16(18)19)12-11-14-8-4-3-5-9-14/h3-5,8-9,15H,1-2,6-7,10-13H2,(H,18,19). The molecular formula is C16H23BrO2. The Hall–Kier alpha value is -0.830. The van der Waals surface area contributed by atoms with Gasteiger partial charge in [0.25, 0.3) is 0 Å². The van der Waals surface area contributed by atoms with Gasteiger partial charge in [-0.1, -0.05) is 65.5 Å². The Morgan fingerprint density at radius 3 is 2.37 bits per heavy atom. The van der Waals surface area contributed by atoms with Gasteiger partial charge in [-0.2, -0.15) is 0 Å². The van der Waals surface area contributed by atoms with Crippen molar-refractivity contribution in [1.29, 1.82) is 0 Å². The molecule has 1 rings (SSSR count). The highest BCUT2D eigenvalue weighted by atomic mass is 79.9. The first-order valence-corrected chi connectivity index (χ1v) is 8.19. The van der Waals surface area contributed by atoms with Crippen LogP contribution in [0.15, 0.2) is 30.3 Å². The molecule has 1 aromatic carbocycles. The number of hydrogen-bond acceptors (Lipinski definition) is 1. The van der Waals surface area contributed by atoms with Crippen LogP contribution in [0.2, 0.25) is 0 Å². The average molecular weight is 327 g/mol. The Bertz CT molecular complexity index is 351. The normalized spacial score (nSPS) is 12.3. The summed E-state index contributed by atoms with van der Waals surface area (Å²) in [5.41, 5.74) is 1.23. The van der Waals surface area contributed by atoms with Gasteiger partial charge in [0.1, 0.15) is 0 Å². The molecule has 0 saturated heterocycles.